The Bertz CT molecular complexity index is 350. The zero-order chi connectivity index (χ0) is 12.1. The molecule has 1 fully saturated rings. The fourth-order valence-electron chi connectivity index (χ4n) is 2.10. The third kappa shape index (κ3) is 3.61. The summed E-state index contributed by atoms with van der Waals surface area (Å²) in [5.41, 5.74) is 1.16. The third-order valence-corrected chi connectivity index (χ3v) is 4.25. The Morgan fingerprint density at radius 1 is 1.53 bits per heavy atom. The van der Waals surface area contributed by atoms with Crippen LogP contribution in [0, 0.1) is 0 Å². The number of pyridine rings is 1. The molecule has 0 bridgehead atoms. The Labute approximate surface area is 108 Å². The molecule has 4 heteroatoms. The van der Waals surface area contributed by atoms with Crippen molar-refractivity contribution in [3.05, 3.63) is 23.9 Å². The maximum absolute atomic E-state index is 4.61. The molecule has 1 N–H and O–H groups in total. The zero-order valence-corrected chi connectivity index (χ0v) is 11.5. The van der Waals surface area contributed by atoms with Crippen molar-refractivity contribution in [2.75, 3.05) is 30.4 Å². The van der Waals surface area contributed by atoms with E-state index in [1.807, 2.05) is 6.07 Å². The molecule has 3 nitrogen and oxygen atoms in total. The van der Waals surface area contributed by atoms with Crippen LogP contribution in [-0.4, -0.2) is 41.0 Å². The summed E-state index contributed by atoms with van der Waals surface area (Å²) in [4.78, 5) is 7.04. The summed E-state index contributed by atoms with van der Waals surface area (Å²) in [6, 6.07) is 6.94. The highest BCUT2D eigenvalue weighted by molar-refractivity contribution is 7.99. The van der Waals surface area contributed by atoms with Crippen LogP contribution in [0.15, 0.2) is 18.2 Å². The first kappa shape index (κ1) is 12.7. The predicted molar refractivity (Wildman–Crippen MR) is 75.6 cm³/mol. The van der Waals surface area contributed by atoms with Crippen molar-refractivity contribution < 1.29 is 0 Å². The molecule has 1 saturated heterocycles. The standard InChI is InChI=1S/C13H21N3S/c1-3-14-13-6-4-5-11(15-13)9-16(2)12-7-8-17-10-12/h4-6,12H,3,7-10H2,1-2H3,(H,14,15). The van der Waals surface area contributed by atoms with Crippen LogP contribution in [0.1, 0.15) is 19.0 Å². The maximum Gasteiger partial charge on any atom is 0.126 e. The lowest BCUT2D eigenvalue weighted by atomic mass is 10.2. The molecule has 0 aromatic carbocycles. The van der Waals surface area contributed by atoms with E-state index in [2.05, 4.69) is 53.1 Å². The van der Waals surface area contributed by atoms with E-state index < -0.39 is 0 Å². The number of nitrogens with zero attached hydrogens (tertiary/aromatic N) is 2. The van der Waals surface area contributed by atoms with Gasteiger partial charge in [0.15, 0.2) is 0 Å². The Morgan fingerprint density at radius 3 is 3.12 bits per heavy atom. The minimum Gasteiger partial charge on any atom is -0.370 e. The molecule has 1 aliphatic heterocycles. The molecule has 94 valence electrons. The lowest BCUT2D eigenvalue weighted by Crippen LogP contribution is -2.31. The van der Waals surface area contributed by atoms with Crippen molar-refractivity contribution in [1.82, 2.24) is 9.88 Å². The molecule has 0 saturated carbocycles. The highest BCUT2D eigenvalue weighted by Gasteiger charge is 2.20. The summed E-state index contributed by atoms with van der Waals surface area (Å²) in [5, 5.41) is 3.26. The second kappa shape index (κ2) is 6.26. The van der Waals surface area contributed by atoms with Gasteiger partial charge in [0.25, 0.3) is 0 Å². The average molecular weight is 251 g/mol. The smallest absolute Gasteiger partial charge is 0.126 e. The average Bonchev–Trinajstić information content (AvgIpc) is 2.83. The van der Waals surface area contributed by atoms with E-state index in [1.54, 1.807) is 0 Å². The van der Waals surface area contributed by atoms with Crippen LogP contribution in [0.5, 0.6) is 0 Å². The first-order valence-corrected chi connectivity index (χ1v) is 7.43. The summed E-state index contributed by atoms with van der Waals surface area (Å²) >= 11 is 2.06. The largest absolute Gasteiger partial charge is 0.370 e. The van der Waals surface area contributed by atoms with Gasteiger partial charge in [0.2, 0.25) is 0 Å². The fraction of sp³-hybridized carbons (Fsp3) is 0.615. The normalized spacial score (nSPS) is 19.8. The number of rotatable bonds is 5. The molecule has 1 aromatic heterocycles. The molecule has 1 aliphatic rings. The molecule has 17 heavy (non-hydrogen) atoms. The SMILES string of the molecule is CCNc1cccc(CN(C)C2CCSC2)n1. The monoisotopic (exact) mass is 251 g/mol. The Kier molecular flexibility index (Phi) is 4.68. The van der Waals surface area contributed by atoms with Crippen LogP contribution >= 0.6 is 11.8 Å². The van der Waals surface area contributed by atoms with Gasteiger partial charge in [0.05, 0.1) is 5.69 Å². The van der Waals surface area contributed by atoms with Crippen LogP contribution < -0.4 is 5.32 Å². The van der Waals surface area contributed by atoms with E-state index in [0.29, 0.717) is 0 Å². The van der Waals surface area contributed by atoms with Crippen molar-refractivity contribution in [2.45, 2.75) is 25.9 Å². The number of anilines is 1. The Morgan fingerprint density at radius 2 is 2.41 bits per heavy atom. The molecule has 1 atom stereocenters. The first-order valence-electron chi connectivity index (χ1n) is 6.27. The molecule has 2 heterocycles. The van der Waals surface area contributed by atoms with Gasteiger partial charge in [0.1, 0.15) is 5.82 Å². The van der Waals surface area contributed by atoms with Crippen LogP contribution in [0.3, 0.4) is 0 Å². The molecule has 1 aromatic rings. The zero-order valence-electron chi connectivity index (χ0n) is 10.6. The number of thioether (sulfide) groups is 1. The highest BCUT2D eigenvalue weighted by Crippen LogP contribution is 2.22. The highest BCUT2D eigenvalue weighted by atomic mass is 32.2. The second-order valence-corrected chi connectivity index (χ2v) is 5.63. The number of aromatic nitrogens is 1. The van der Waals surface area contributed by atoms with Gasteiger partial charge < -0.3 is 5.32 Å². The van der Waals surface area contributed by atoms with E-state index >= 15 is 0 Å². The van der Waals surface area contributed by atoms with Gasteiger partial charge in [-0.15, -0.1) is 0 Å². The van der Waals surface area contributed by atoms with E-state index in [0.717, 1.165) is 30.6 Å². The van der Waals surface area contributed by atoms with Crippen molar-refractivity contribution in [3.8, 4) is 0 Å². The van der Waals surface area contributed by atoms with Gasteiger partial charge in [-0.2, -0.15) is 11.8 Å². The number of nitrogens with one attached hydrogen (secondary N) is 1. The lowest BCUT2D eigenvalue weighted by Gasteiger charge is -2.23. The van der Waals surface area contributed by atoms with Crippen LogP contribution in [0.2, 0.25) is 0 Å². The van der Waals surface area contributed by atoms with Crippen LogP contribution in [0.25, 0.3) is 0 Å². The minimum atomic E-state index is 0.726. The molecular weight excluding hydrogens is 230 g/mol. The molecule has 0 aliphatic carbocycles. The molecule has 0 radical (unpaired) electrons. The summed E-state index contributed by atoms with van der Waals surface area (Å²) in [5.74, 6) is 3.56. The summed E-state index contributed by atoms with van der Waals surface area (Å²) < 4.78 is 0. The lowest BCUT2D eigenvalue weighted by molar-refractivity contribution is 0.251. The first-order chi connectivity index (χ1) is 8.29. The molecule has 1 unspecified atom stereocenters. The van der Waals surface area contributed by atoms with Gasteiger partial charge in [0, 0.05) is 24.9 Å². The van der Waals surface area contributed by atoms with Crippen molar-refractivity contribution in [3.63, 3.8) is 0 Å². The topological polar surface area (TPSA) is 28.2 Å². The molecule has 0 spiro atoms. The van der Waals surface area contributed by atoms with Crippen molar-refractivity contribution in [2.24, 2.45) is 0 Å². The van der Waals surface area contributed by atoms with Crippen LogP contribution in [-0.2, 0) is 6.54 Å². The number of hydrogen-bond acceptors (Lipinski definition) is 4. The van der Waals surface area contributed by atoms with Gasteiger partial charge >= 0.3 is 0 Å². The summed E-state index contributed by atoms with van der Waals surface area (Å²) in [6.07, 6.45) is 1.31. The second-order valence-electron chi connectivity index (χ2n) is 4.48. The quantitative estimate of drug-likeness (QED) is 0.870. The maximum atomic E-state index is 4.61. The predicted octanol–water partition coefficient (Wildman–Crippen LogP) is 2.45. The molecular formula is C13H21N3S. The van der Waals surface area contributed by atoms with Crippen molar-refractivity contribution in [1.29, 1.82) is 0 Å². The minimum absolute atomic E-state index is 0.726. The van der Waals surface area contributed by atoms with Gasteiger partial charge in [-0.3, -0.25) is 4.90 Å². The van der Waals surface area contributed by atoms with Crippen molar-refractivity contribution >= 4 is 17.6 Å². The molecule has 0 amide bonds. The van der Waals surface area contributed by atoms with E-state index in [4.69, 9.17) is 0 Å². The van der Waals surface area contributed by atoms with Crippen LogP contribution in [0.4, 0.5) is 5.82 Å². The Hall–Kier alpha value is -0.740. The molecule has 2 rings (SSSR count). The van der Waals surface area contributed by atoms with Gasteiger partial charge in [-0.05, 0) is 38.3 Å². The Balaban J connectivity index is 1.94. The van der Waals surface area contributed by atoms with Gasteiger partial charge in [-0.25, -0.2) is 4.98 Å². The fourth-order valence-corrected chi connectivity index (χ4v) is 3.40. The summed E-state index contributed by atoms with van der Waals surface area (Å²) in [7, 11) is 2.21. The van der Waals surface area contributed by atoms with Gasteiger partial charge in [-0.1, -0.05) is 6.07 Å². The van der Waals surface area contributed by atoms with E-state index in [9.17, 15) is 0 Å². The number of hydrogen-bond donors (Lipinski definition) is 1. The van der Waals surface area contributed by atoms with E-state index in [1.165, 1.54) is 17.9 Å². The van der Waals surface area contributed by atoms with E-state index in [-0.39, 0.29) is 0 Å². The summed E-state index contributed by atoms with van der Waals surface area (Å²) in [6.45, 7) is 3.96. The third-order valence-electron chi connectivity index (χ3n) is 3.11.